The largest absolute Gasteiger partial charge is 0.491 e. The second-order valence-electron chi connectivity index (χ2n) is 5.69. The van der Waals surface area contributed by atoms with E-state index in [1.54, 1.807) is 30.6 Å². The Morgan fingerprint density at radius 2 is 2.25 bits per heavy atom. The van der Waals surface area contributed by atoms with E-state index in [2.05, 4.69) is 15.5 Å². The molecule has 1 aromatic carbocycles. The lowest BCUT2D eigenvalue weighted by Crippen LogP contribution is -2.24. The molecule has 0 saturated carbocycles. The van der Waals surface area contributed by atoms with Gasteiger partial charge in [-0.1, -0.05) is 0 Å². The molecule has 7 heteroatoms. The Bertz CT molecular complexity index is 663. The van der Waals surface area contributed by atoms with Crippen LogP contribution in [0.1, 0.15) is 35.9 Å². The minimum Gasteiger partial charge on any atom is -0.491 e. The molecule has 7 nitrogen and oxygen atoms in total. The lowest BCUT2D eigenvalue weighted by Gasteiger charge is -2.11. The van der Waals surface area contributed by atoms with Crippen LogP contribution in [0.3, 0.4) is 0 Å². The van der Waals surface area contributed by atoms with Gasteiger partial charge in [0.25, 0.3) is 5.91 Å². The molecule has 0 aliphatic carbocycles. The number of ether oxygens (including phenoxy) is 2. The quantitative estimate of drug-likeness (QED) is 0.837. The van der Waals surface area contributed by atoms with Crippen LogP contribution in [-0.4, -0.2) is 40.0 Å². The fraction of sp³-hybridized carbons (Fsp3) is 0.471. The summed E-state index contributed by atoms with van der Waals surface area (Å²) in [6.45, 7) is 4.50. The van der Waals surface area contributed by atoms with Crippen LogP contribution in [-0.2, 0) is 17.8 Å². The van der Waals surface area contributed by atoms with Crippen molar-refractivity contribution < 1.29 is 14.3 Å². The topological polar surface area (TPSA) is 78.3 Å². The van der Waals surface area contributed by atoms with Gasteiger partial charge in [0.05, 0.1) is 12.6 Å². The van der Waals surface area contributed by atoms with Crippen LogP contribution in [0.4, 0.5) is 0 Å². The lowest BCUT2D eigenvalue weighted by atomic mass is 10.2. The summed E-state index contributed by atoms with van der Waals surface area (Å²) in [5, 5.41) is 10.7. The van der Waals surface area contributed by atoms with Gasteiger partial charge in [0.15, 0.2) is 5.82 Å². The predicted octanol–water partition coefficient (Wildman–Crippen LogP) is 1.79. The zero-order chi connectivity index (χ0) is 16.8. The summed E-state index contributed by atoms with van der Waals surface area (Å²) in [7, 11) is 0. The number of benzene rings is 1. The van der Waals surface area contributed by atoms with E-state index in [4.69, 9.17) is 9.47 Å². The third-order valence-electron chi connectivity index (χ3n) is 4.02. The molecule has 0 spiro atoms. The highest BCUT2D eigenvalue weighted by atomic mass is 16.5. The first-order chi connectivity index (χ1) is 11.8. The summed E-state index contributed by atoms with van der Waals surface area (Å²) < 4.78 is 13.1. The number of carbonyl (C=O) groups is 1. The third kappa shape index (κ3) is 4.11. The van der Waals surface area contributed by atoms with E-state index in [0.29, 0.717) is 18.7 Å². The number of hydrogen-bond donors (Lipinski definition) is 1. The van der Waals surface area contributed by atoms with Crippen LogP contribution in [0.15, 0.2) is 30.6 Å². The Balaban J connectivity index is 1.49. The van der Waals surface area contributed by atoms with Gasteiger partial charge < -0.3 is 19.4 Å². The van der Waals surface area contributed by atoms with Crippen molar-refractivity contribution in [3.63, 3.8) is 0 Å². The maximum Gasteiger partial charge on any atom is 0.251 e. The molecule has 1 atom stereocenters. The molecular weight excluding hydrogens is 308 g/mol. The second-order valence-corrected chi connectivity index (χ2v) is 5.69. The number of carbonyl (C=O) groups excluding carboxylic acids is 1. The van der Waals surface area contributed by atoms with Gasteiger partial charge in [0.1, 0.15) is 18.7 Å². The molecule has 2 heterocycles. The van der Waals surface area contributed by atoms with Crippen molar-refractivity contribution in [3.05, 3.63) is 42.0 Å². The number of hydrogen-bond acceptors (Lipinski definition) is 5. The van der Waals surface area contributed by atoms with Crippen molar-refractivity contribution in [2.75, 3.05) is 13.2 Å². The number of amides is 1. The van der Waals surface area contributed by atoms with Crippen LogP contribution in [0.2, 0.25) is 0 Å². The first-order valence-electron chi connectivity index (χ1n) is 8.25. The summed E-state index contributed by atoms with van der Waals surface area (Å²) in [6, 6.07) is 7.12. The molecule has 1 aliphatic rings. The molecule has 24 heavy (non-hydrogen) atoms. The number of rotatable bonds is 7. The average Bonchev–Trinajstić information content (AvgIpc) is 3.29. The molecule has 0 bridgehead atoms. The van der Waals surface area contributed by atoms with Gasteiger partial charge in [0, 0.05) is 18.7 Å². The number of nitrogens with zero attached hydrogens (tertiary/aromatic N) is 3. The Hall–Kier alpha value is -2.41. The highest BCUT2D eigenvalue weighted by Crippen LogP contribution is 2.16. The van der Waals surface area contributed by atoms with E-state index >= 15 is 0 Å². The summed E-state index contributed by atoms with van der Waals surface area (Å²) in [5.41, 5.74) is 0.585. The monoisotopic (exact) mass is 330 g/mol. The molecule has 0 unspecified atom stereocenters. The Morgan fingerprint density at radius 3 is 2.96 bits per heavy atom. The van der Waals surface area contributed by atoms with E-state index in [0.717, 1.165) is 37.6 Å². The first kappa shape index (κ1) is 16.4. The van der Waals surface area contributed by atoms with E-state index in [9.17, 15) is 4.79 Å². The smallest absolute Gasteiger partial charge is 0.251 e. The number of nitrogens with one attached hydrogen (secondary N) is 1. The zero-order valence-corrected chi connectivity index (χ0v) is 13.8. The summed E-state index contributed by atoms with van der Waals surface area (Å²) >= 11 is 0. The van der Waals surface area contributed by atoms with Gasteiger partial charge in [-0.05, 0) is 44.0 Å². The first-order valence-corrected chi connectivity index (χ1v) is 8.25. The maximum absolute atomic E-state index is 12.2. The Morgan fingerprint density at radius 1 is 1.42 bits per heavy atom. The molecule has 1 N–H and O–H groups in total. The van der Waals surface area contributed by atoms with Crippen molar-refractivity contribution in [3.8, 4) is 5.75 Å². The van der Waals surface area contributed by atoms with Crippen molar-refractivity contribution in [2.45, 2.75) is 39.0 Å². The van der Waals surface area contributed by atoms with Gasteiger partial charge in [-0.25, -0.2) is 0 Å². The van der Waals surface area contributed by atoms with Gasteiger partial charge in [-0.15, -0.1) is 10.2 Å². The second kappa shape index (κ2) is 7.92. The van der Waals surface area contributed by atoms with Crippen LogP contribution < -0.4 is 10.1 Å². The minimum atomic E-state index is -0.147. The van der Waals surface area contributed by atoms with E-state index < -0.39 is 0 Å². The number of aromatic nitrogens is 3. The Labute approximate surface area is 141 Å². The van der Waals surface area contributed by atoms with Crippen molar-refractivity contribution in [1.29, 1.82) is 0 Å². The van der Waals surface area contributed by atoms with E-state index in [1.807, 2.05) is 11.5 Å². The maximum atomic E-state index is 12.2. The van der Waals surface area contributed by atoms with E-state index in [-0.39, 0.29) is 12.0 Å². The molecule has 128 valence electrons. The van der Waals surface area contributed by atoms with Crippen LogP contribution in [0.25, 0.3) is 0 Å². The molecule has 1 amide bonds. The van der Waals surface area contributed by atoms with Gasteiger partial charge >= 0.3 is 0 Å². The van der Waals surface area contributed by atoms with Gasteiger partial charge in [-0.3, -0.25) is 4.79 Å². The normalized spacial score (nSPS) is 17.0. The molecule has 1 aliphatic heterocycles. The zero-order valence-electron chi connectivity index (χ0n) is 13.8. The van der Waals surface area contributed by atoms with Crippen LogP contribution >= 0.6 is 0 Å². The molecule has 2 aromatic rings. The third-order valence-corrected chi connectivity index (χ3v) is 4.02. The standard InChI is InChI=1S/C17H22N4O3/c1-2-21-12-19-20-16(21)10-18-17(22)13-5-7-14(8-6-13)24-11-15-4-3-9-23-15/h5-8,12,15H,2-4,9-11H2,1H3,(H,18,22)/t15-/m1/s1. The van der Waals surface area contributed by atoms with Gasteiger partial charge in [0.2, 0.25) is 0 Å². The molecule has 0 radical (unpaired) electrons. The van der Waals surface area contributed by atoms with Crippen LogP contribution in [0.5, 0.6) is 5.75 Å². The van der Waals surface area contributed by atoms with Crippen molar-refractivity contribution in [2.24, 2.45) is 0 Å². The summed E-state index contributed by atoms with van der Waals surface area (Å²) in [6.07, 6.45) is 3.98. The number of aryl methyl sites for hydroxylation is 1. The van der Waals surface area contributed by atoms with Gasteiger partial charge in [-0.2, -0.15) is 0 Å². The minimum absolute atomic E-state index is 0.147. The highest BCUT2D eigenvalue weighted by molar-refractivity contribution is 5.94. The molecule has 1 saturated heterocycles. The molecular formula is C17H22N4O3. The lowest BCUT2D eigenvalue weighted by molar-refractivity contribution is 0.0679. The van der Waals surface area contributed by atoms with Crippen molar-refractivity contribution >= 4 is 5.91 Å². The fourth-order valence-corrected chi connectivity index (χ4v) is 2.61. The van der Waals surface area contributed by atoms with Crippen molar-refractivity contribution in [1.82, 2.24) is 20.1 Å². The molecule has 1 fully saturated rings. The fourth-order valence-electron chi connectivity index (χ4n) is 2.61. The summed E-state index contributed by atoms with van der Waals surface area (Å²) in [4.78, 5) is 12.2. The summed E-state index contributed by atoms with van der Waals surface area (Å²) in [5.74, 6) is 1.33. The van der Waals surface area contributed by atoms with Crippen LogP contribution in [0, 0.1) is 0 Å². The molecule has 1 aromatic heterocycles. The Kier molecular flexibility index (Phi) is 5.43. The molecule has 3 rings (SSSR count). The highest BCUT2D eigenvalue weighted by Gasteiger charge is 2.16. The predicted molar refractivity (Wildman–Crippen MR) is 87.8 cm³/mol. The average molecular weight is 330 g/mol. The SMILES string of the molecule is CCn1cnnc1CNC(=O)c1ccc(OC[C@H]2CCCO2)cc1. The van der Waals surface area contributed by atoms with E-state index in [1.165, 1.54) is 0 Å².